The number of halogens is 2. The quantitative estimate of drug-likeness (QED) is 0.692. The summed E-state index contributed by atoms with van der Waals surface area (Å²) in [6.07, 6.45) is 1.53. The number of benzene rings is 2. The highest BCUT2D eigenvalue weighted by Crippen LogP contribution is 2.25. The second kappa shape index (κ2) is 6.90. The van der Waals surface area contributed by atoms with E-state index in [0.717, 1.165) is 5.52 Å². The maximum Gasteiger partial charge on any atom is 0.338 e. The highest BCUT2D eigenvalue weighted by molar-refractivity contribution is 6.36. The lowest BCUT2D eigenvalue weighted by Crippen LogP contribution is -2.21. The van der Waals surface area contributed by atoms with Gasteiger partial charge < -0.3 is 15.0 Å². The van der Waals surface area contributed by atoms with Crippen molar-refractivity contribution in [1.82, 2.24) is 9.97 Å². The second-order valence-corrected chi connectivity index (χ2v) is 5.73. The van der Waals surface area contributed by atoms with Crippen molar-refractivity contribution in [3.63, 3.8) is 0 Å². The highest BCUT2D eigenvalue weighted by atomic mass is 35.5. The zero-order chi connectivity index (χ0) is 17.1. The molecule has 0 unspecified atom stereocenters. The van der Waals surface area contributed by atoms with E-state index in [9.17, 15) is 9.59 Å². The molecule has 2 aromatic carbocycles. The number of aromatic amines is 1. The van der Waals surface area contributed by atoms with Gasteiger partial charge in [0.15, 0.2) is 6.61 Å². The van der Waals surface area contributed by atoms with E-state index in [1.165, 1.54) is 12.4 Å². The Labute approximate surface area is 146 Å². The van der Waals surface area contributed by atoms with Crippen molar-refractivity contribution in [2.75, 3.05) is 11.9 Å². The molecule has 0 saturated carbocycles. The minimum atomic E-state index is -0.608. The number of ether oxygens (including phenoxy) is 1. The molecule has 3 rings (SSSR count). The van der Waals surface area contributed by atoms with E-state index in [1.807, 2.05) is 0 Å². The Morgan fingerprint density at radius 2 is 2.00 bits per heavy atom. The third-order valence-corrected chi connectivity index (χ3v) is 3.74. The molecule has 8 heteroatoms. The van der Waals surface area contributed by atoms with Gasteiger partial charge in [0.25, 0.3) is 5.91 Å². The van der Waals surface area contributed by atoms with E-state index in [0.29, 0.717) is 26.8 Å². The van der Waals surface area contributed by atoms with Crippen LogP contribution in [0.4, 0.5) is 5.69 Å². The van der Waals surface area contributed by atoms with Gasteiger partial charge in [0.1, 0.15) is 0 Å². The van der Waals surface area contributed by atoms with Crippen LogP contribution in [0.3, 0.4) is 0 Å². The molecule has 1 amide bonds. The average molecular weight is 364 g/mol. The number of imidazole rings is 1. The van der Waals surface area contributed by atoms with E-state index in [2.05, 4.69) is 15.3 Å². The van der Waals surface area contributed by atoms with Crippen LogP contribution in [0.1, 0.15) is 10.4 Å². The van der Waals surface area contributed by atoms with Gasteiger partial charge >= 0.3 is 5.97 Å². The van der Waals surface area contributed by atoms with Crippen LogP contribution in [0.25, 0.3) is 11.0 Å². The topological polar surface area (TPSA) is 84.1 Å². The molecule has 0 aliphatic heterocycles. The number of amides is 1. The number of esters is 1. The predicted molar refractivity (Wildman–Crippen MR) is 91.5 cm³/mol. The van der Waals surface area contributed by atoms with Crippen molar-refractivity contribution < 1.29 is 14.3 Å². The van der Waals surface area contributed by atoms with Gasteiger partial charge in [0.2, 0.25) is 0 Å². The molecule has 0 aliphatic carbocycles. The van der Waals surface area contributed by atoms with Gasteiger partial charge in [-0.2, -0.15) is 0 Å². The molecular weight excluding hydrogens is 353 g/mol. The Bertz CT molecular complexity index is 924. The fourth-order valence-corrected chi connectivity index (χ4v) is 2.51. The van der Waals surface area contributed by atoms with E-state index in [4.69, 9.17) is 27.9 Å². The van der Waals surface area contributed by atoms with Crippen LogP contribution < -0.4 is 5.32 Å². The molecule has 0 bridgehead atoms. The van der Waals surface area contributed by atoms with Gasteiger partial charge in [-0.25, -0.2) is 9.78 Å². The van der Waals surface area contributed by atoms with Crippen LogP contribution in [0, 0.1) is 0 Å². The number of H-pyrrole nitrogens is 1. The zero-order valence-electron chi connectivity index (χ0n) is 12.2. The van der Waals surface area contributed by atoms with Gasteiger partial charge in [-0.05, 0) is 36.4 Å². The largest absolute Gasteiger partial charge is 0.452 e. The average Bonchev–Trinajstić information content (AvgIpc) is 3.03. The summed E-state index contributed by atoms with van der Waals surface area (Å²) in [5.74, 6) is -1.11. The Hall–Kier alpha value is -2.57. The maximum atomic E-state index is 12.0. The van der Waals surface area contributed by atoms with Crippen molar-refractivity contribution in [3.8, 4) is 0 Å². The minimum absolute atomic E-state index is 0.298. The van der Waals surface area contributed by atoms with Crippen LogP contribution in [0.2, 0.25) is 10.0 Å². The zero-order valence-corrected chi connectivity index (χ0v) is 13.7. The lowest BCUT2D eigenvalue weighted by Gasteiger charge is -2.08. The summed E-state index contributed by atoms with van der Waals surface area (Å²) in [6, 6.07) is 9.55. The molecule has 0 saturated heterocycles. The number of nitrogens with one attached hydrogen (secondary N) is 2. The van der Waals surface area contributed by atoms with Crippen LogP contribution in [0.5, 0.6) is 0 Å². The molecule has 1 aromatic heterocycles. The molecular formula is C16H11Cl2N3O3. The predicted octanol–water partition coefficient (Wildman–Crippen LogP) is 3.67. The standard InChI is InChI=1S/C16H11Cl2N3O3/c17-10-2-4-12(11(18)6-10)21-15(22)7-24-16(23)9-1-3-13-14(5-9)20-8-19-13/h1-6,8H,7H2,(H,19,20)(H,21,22). The van der Waals surface area contributed by atoms with Crippen LogP contribution in [-0.2, 0) is 9.53 Å². The van der Waals surface area contributed by atoms with Gasteiger partial charge in [0, 0.05) is 5.02 Å². The van der Waals surface area contributed by atoms with Gasteiger partial charge in [-0.3, -0.25) is 4.79 Å². The van der Waals surface area contributed by atoms with Crippen molar-refractivity contribution in [1.29, 1.82) is 0 Å². The van der Waals surface area contributed by atoms with E-state index in [-0.39, 0.29) is 0 Å². The van der Waals surface area contributed by atoms with Gasteiger partial charge in [-0.15, -0.1) is 0 Å². The molecule has 0 radical (unpaired) electrons. The summed E-state index contributed by atoms with van der Waals surface area (Å²) in [4.78, 5) is 30.8. The lowest BCUT2D eigenvalue weighted by molar-refractivity contribution is -0.119. The molecule has 3 aromatic rings. The molecule has 0 fully saturated rings. The summed E-state index contributed by atoms with van der Waals surface area (Å²) in [5, 5.41) is 3.30. The normalized spacial score (nSPS) is 10.6. The van der Waals surface area contributed by atoms with Crippen LogP contribution in [0.15, 0.2) is 42.7 Å². The number of aromatic nitrogens is 2. The Morgan fingerprint density at radius 1 is 1.17 bits per heavy atom. The summed E-state index contributed by atoms with van der Waals surface area (Å²) >= 11 is 11.7. The van der Waals surface area contributed by atoms with E-state index >= 15 is 0 Å². The molecule has 122 valence electrons. The number of anilines is 1. The van der Waals surface area contributed by atoms with E-state index in [1.54, 1.807) is 30.3 Å². The fraction of sp³-hybridized carbons (Fsp3) is 0.0625. The summed E-state index contributed by atoms with van der Waals surface area (Å²) in [7, 11) is 0. The highest BCUT2D eigenvalue weighted by Gasteiger charge is 2.12. The van der Waals surface area contributed by atoms with Gasteiger partial charge in [-0.1, -0.05) is 23.2 Å². The number of carbonyl (C=O) groups excluding carboxylic acids is 2. The SMILES string of the molecule is O=C(COC(=O)c1ccc2nc[nH]c2c1)Nc1ccc(Cl)cc1Cl. The summed E-state index contributed by atoms with van der Waals surface area (Å²) in [6.45, 7) is -0.432. The van der Waals surface area contributed by atoms with Gasteiger partial charge in [0.05, 0.1) is 33.6 Å². The smallest absolute Gasteiger partial charge is 0.338 e. The lowest BCUT2D eigenvalue weighted by atomic mass is 10.2. The number of rotatable bonds is 4. The van der Waals surface area contributed by atoms with Crippen LogP contribution in [-0.4, -0.2) is 28.5 Å². The number of fused-ring (bicyclic) bond motifs is 1. The molecule has 0 aliphatic rings. The Morgan fingerprint density at radius 3 is 2.79 bits per heavy atom. The molecule has 0 atom stereocenters. The maximum absolute atomic E-state index is 12.0. The number of hydrogen-bond donors (Lipinski definition) is 2. The van der Waals surface area contributed by atoms with Crippen LogP contribution >= 0.6 is 23.2 Å². The monoisotopic (exact) mass is 363 g/mol. The number of nitrogens with zero attached hydrogens (tertiary/aromatic N) is 1. The second-order valence-electron chi connectivity index (χ2n) is 4.88. The van der Waals surface area contributed by atoms with Crippen molar-refractivity contribution in [3.05, 3.63) is 58.3 Å². The number of carbonyl (C=O) groups is 2. The Kier molecular flexibility index (Phi) is 4.69. The molecule has 2 N–H and O–H groups in total. The van der Waals surface area contributed by atoms with Crippen molar-refractivity contribution in [2.45, 2.75) is 0 Å². The molecule has 24 heavy (non-hydrogen) atoms. The van der Waals surface area contributed by atoms with Crippen molar-refractivity contribution in [2.24, 2.45) is 0 Å². The Balaban J connectivity index is 1.60. The summed E-state index contributed by atoms with van der Waals surface area (Å²) < 4.78 is 5.00. The summed E-state index contributed by atoms with van der Waals surface area (Å²) in [5.41, 5.74) is 2.16. The van der Waals surface area contributed by atoms with E-state index < -0.39 is 18.5 Å². The first-order valence-corrected chi connectivity index (χ1v) is 7.64. The molecule has 1 heterocycles. The first-order chi connectivity index (χ1) is 11.5. The number of hydrogen-bond acceptors (Lipinski definition) is 4. The first kappa shape index (κ1) is 16.3. The fourth-order valence-electron chi connectivity index (χ4n) is 2.05. The minimum Gasteiger partial charge on any atom is -0.452 e. The third kappa shape index (κ3) is 3.67. The molecule has 6 nitrogen and oxygen atoms in total. The third-order valence-electron chi connectivity index (χ3n) is 3.20. The van der Waals surface area contributed by atoms with Crippen molar-refractivity contribution >= 4 is 51.8 Å². The molecule has 0 spiro atoms. The first-order valence-electron chi connectivity index (χ1n) is 6.88.